The minimum Gasteiger partial charge on any atom is -0.313 e. The molecule has 100 valence electrons. The van der Waals surface area contributed by atoms with E-state index in [1.165, 1.54) is 35.7 Å². The maximum atomic E-state index is 3.72. The second kappa shape index (κ2) is 6.21. The highest BCUT2D eigenvalue weighted by atomic mass is 79.9. The highest BCUT2D eigenvalue weighted by Gasteiger charge is 2.36. The first-order chi connectivity index (χ1) is 8.64. The molecule has 1 fully saturated rings. The summed E-state index contributed by atoms with van der Waals surface area (Å²) >= 11 is 3.57. The van der Waals surface area contributed by atoms with Gasteiger partial charge in [0.05, 0.1) is 0 Å². The van der Waals surface area contributed by atoms with Gasteiger partial charge in [-0.25, -0.2) is 0 Å². The molecule has 1 aliphatic rings. The molecule has 1 unspecified atom stereocenters. The van der Waals surface area contributed by atoms with Crippen molar-refractivity contribution in [3.63, 3.8) is 0 Å². The molecule has 1 aliphatic carbocycles. The highest BCUT2D eigenvalue weighted by Crippen LogP contribution is 2.41. The van der Waals surface area contributed by atoms with Crippen molar-refractivity contribution in [2.75, 3.05) is 6.54 Å². The first-order valence-corrected chi connectivity index (χ1v) is 7.91. The zero-order chi connectivity index (χ0) is 13.0. The van der Waals surface area contributed by atoms with Crippen LogP contribution in [-0.4, -0.2) is 12.6 Å². The first kappa shape index (κ1) is 14.1. The Morgan fingerprint density at radius 2 is 2.06 bits per heavy atom. The maximum Gasteiger partial charge on any atom is 0.0178 e. The first-order valence-electron chi connectivity index (χ1n) is 7.12. The summed E-state index contributed by atoms with van der Waals surface area (Å²) in [6.45, 7) is 5.74. The fourth-order valence-corrected chi connectivity index (χ4v) is 3.69. The minimum atomic E-state index is 0.484. The van der Waals surface area contributed by atoms with Crippen LogP contribution >= 0.6 is 15.9 Å². The molecule has 1 atom stereocenters. The van der Waals surface area contributed by atoms with Gasteiger partial charge >= 0.3 is 0 Å². The van der Waals surface area contributed by atoms with Gasteiger partial charge < -0.3 is 5.32 Å². The van der Waals surface area contributed by atoms with Gasteiger partial charge in [-0.1, -0.05) is 54.8 Å². The van der Waals surface area contributed by atoms with Gasteiger partial charge in [-0.05, 0) is 48.9 Å². The molecule has 0 aliphatic heterocycles. The van der Waals surface area contributed by atoms with Crippen molar-refractivity contribution in [2.45, 2.75) is 52.0 Å². The molecule has 0 amide bonds. The average Bonchev–Trinajstić information content (AvgIpc) is 2.77. The van der Waals surface area contributed by atoms with E-state index in [-0.39, 0.29) is 0 Å². The summed E-state index contributed by atoms with van der Waals surface area (Å²) in [4.78, 5) is 0. The third kappa shape index (κ3) is 3.36. The van der Waals surface area contributed by atoms with Crippen LogP contribution in [0, 0.1) is 5.41 Å². The Labute approximate surface area is 119 Å². The quantitative estimate of drug-likeness (QED) is 0.841. The molecule has 0 bridgehead atoms. The molecule has 0 radical (unpaired) electrons. The molecular weight excluding hydrogens is 286 g/mol. The molecule has 2 rings (SSSR count). The normalized spacial score (nSPS) is 19.9. The van der Waals surface area contributed by atoms with Crippen molar-refractivity contribution >= 4 is 15.9 Å². The third-order valence-corrected chi connectivity index (χ3v) is 4.86. The lowest BCUT2D eigenvalue weighted by Crippen LogP contribution is -2.43. The van der Waals surface area contributed by atoms with Crippen molar-refractivity contribution < 1.29 is 0 Å². The van der Waals surface area contributed by atoms with Crippen molar-refractivity contribution in [3.05, 3.63) is 34.3 Å². The Kier molecular flexibility index (Phi) is 4.85. The predicted molar refractivity (Wildman–Crippen MR) is 81.9 cm³/mol. The van der Waals surface area contributed by atoms with E-state index in [4.69, 9.17) is 0 Å². The van der Waals surface area contributed by atoms with E-state index in [1.807, 2.05) is 0 Å². The van der Waals surface area contributed by atoms with Crippen LogP contribution in [0.4, 0.5) is 0 Å². The van der Waals surface area contributed by atoms with Crippen LogP contribution in [0.2, 0.25) is 0 Å². The van der Waals surface area contributed by atoms with E-state index in [1.54, 1.807) is 0 Å². The second-order valence-corrected chi connectivity index (χ2v) is 6.72. The summed E-state index contributed by atoms with van der Waals surface area (Å²) in [7, 11) is 0. The number of benzene rings is 1. The van der Waals surface area contributed by atoms with Crippen molar-refractivity contribution in [1.82, 2.24) is 5.32 Å². The molecular formula is C16H24BrN. The standard InChI is InChI=1S/C16H24BrN/c1-3-18-15(16(2)9-4-5-10-16)12-13-7-6-8-14(17)11-13/h6-8,11,15,18H,3-5,9-10,12H2,1-2H3. The molecule has 18 heavy (non-hydrogen) atoms. The maximum absolute atomic E-state index is 3.72. The number of rotatable bonds is 5. The van der Waals surface area contributed by atoms with Crippen LogP contribution in [0.3, 0.4) is 0 Å². The molecule has 1 nitrogen and oxygen atoms in total. The molecule has 1 aromatic carbocycles. The average molecular weight is 310 g/mol. The van der Waals surface area contributed by atoms with Gasteiger partial charge in [0.2, 0.25) is 0 Å². The van der Waals surface area contributed by atoms with E-state index in [2.05, 4.69) is 59.4 Å². The lowest BCUT2D eigenvalue weighted by Gasteiger charge is -2.35. The lowest BCUT2D eigenvalue weighted by molar-refractivity contribution is 0.222. The van der Waals surface area contributed by atoms with Gasteiger partial charge in [0.1, 0.15) is 0 Å². The number of likely N-dealkylation sites (N-methyl/N-ethyl adjacent to an activating group) is 1. The van der Waals surface area contributed by atoms with Crippen molar-refractivity contribution in [2.24, 2.45) is 5.41 Å². The summed E-state index contributed by atoms with van der Waals surface area (Å²) in [5, 5.41) is 3.72. The smallest absolute Gasteiger partial charge is 0.0178 e. The Bertz CT molecular complexity index is 382. The van der Waals surface area contributed by atoms with Gasteiger partial charge in [0, 0.05) is 10.5 Å². The summed E-state index contributed by atoms with van der Waals surface area (Å²) < 4.78 is 1.19. The van der Waals surface area contributed by atoms with Gasteiger partial charge in [-0.2, -0.15) is 0 Å². The third-order valence-electron chi connectivity index (χ3n) is 4.37. The topological polar surface area (TPSA) is 12.0 Å². The number of nitrogens with one attached hydrogen (secondary N) is 1. The molecule has 1 N–H and O–H groups in total. The Morgan fingerprint density at radius 3 is 2.67 bits per heavy atom. The van der Waals surface area contributed by atoms with E-state index in [9.17, 15) is 0 Å². The lowest BCUT2D eigenvalue weighted by atomic mass is 9.78. The monoisotopic (exact) mass is 309 g/mol. The van der Waals surface area contributed by atoms with Crippen molar-refractivity contribution in [1.29, 1.82) is 0 Å². The van der Waals surface area contributed by atoms with Gasteiger partial charge in [0.15, 0.2) is 0 Å². The summed E-state index contributed by atoms with van der Waals surface area (Å²) in [6.07, 6.45) is 6.69. The molecule has 0 spiro atoms. The van der Waals surface area contributed by atoms with Crippen LogP contribution in [-0.2, 0) is 6.42 Å². The predicted octanol–water partition coefficient (Wildman–Crippen LogP) is 4.55. The molecule has 2 heteroatoms. The van der Waals surface area contributed by atoms with E-state index in [0.717, 1.165) is 13.0 Å². The second-order valence-electron chi connectivity index (χ2n) is 5.81. The van der Waals surface area contributed by atoms with Crippen LogP contribution in [0.15, 0.2) is 28.7 Å². The van der Waals surface area contributed by atoms with Crippen LogP contribution in [0.1, 0.15) is 45.1 Å². The van der Waals surface area contributed by atoms with Crippen LogP contribution in [0.5, 0.6) is 0 Å². The minimum absolute atomic E-state index is 0.484. The number of halogens is 1. The SMILES string of the molecule is CCNC(Cc1cccc(Br)c1)C1(C)CCCC1. The van der Waals surface area contributed by atoms with E-state index in [0.29, 0.717) is 11.5 Å². The fraction of sp³-hybridized carbons (Fsp3) is 0.625. The Balaban J connectivity index is 2.10. The zero-order valence-electron chi connectivity index (χ0n) is 11.5. The molecule has 1 saturated carbocycles. The van der Waals surface area contributed by atoms with Gasteiger partial charge in [-0.15, -0.1) is 0 Å². The molecule has 0 heterocycles. The summed E-state index contributed by atoms with van der Waals surface area (Å²) in [5.74, 6) is 0. The van der Waals surface area contributed by atoms with Gasteiger partial charge in [-0.3, -0.25) is 0 Å². The summed E-state index contributed by atoms with van der Waals surface area (Å²) in [5.41, 5.74) is 1.92. The highest BCUT2D eigenvalue weighted by molar-refractivity contribution is 9.10. The van der Waals surface area contributed by atoms with Gasteiger partial charge in [0.25, 0.3) is 0 Å². The zero-order valence-corrected chi connectivity index (χ0v) is 13.1. The van der Waals surface area contributed by atoms with E-state index >= 15 is 0 Å². The number of hydrogen-bond acceptors (Lipinski definition) is 1. The number of hydrogen-bond donors (Lipinski definition) is 1. The van der Waals surface area contributed by atoms with Crippen LogP contribution < -0.4 is 5.32 Å². The molecule has 0 aromatic heterocycles. The molecule has 1 aromatic rings. The Morgan fingerprint density at radius 1 is 1.33 bits per heavy atom. The Hall–Kier alpha value is -0.340. The van der Waals surface area contributed by atoms with Crippen LogP contribution in [0.25, 0.3) is 0 Å². The molecule has 0 saturated heterocycles. The van der Waals surface area contributed by atoms with Crippen molar-refractivity contribution in [3.8, 4) is 0 Å². The van der Waals surface area contributed by atoms with E-state index < -0.39 is 0 Å². The fourth-order valence-electron chi connectivity index (χ4n) is 3.24. The largest absolute Gasteiger partial charge is 0.313 e. The summed E-state index contributed by atoms with van der Waals surface area (Å²) in [6, 6.07) is 9.35.